The highest BCUT2D eigenvalue weighted by Crippen LogP contribution is 2.32. The van der Waals surface area contributed by atoms with Crippen LogP contribution < -0.4 is 4.72 Å². The van der Waals surface area contributed by atoms with Crippen LogP contribution in [0.3, 0.4) is 0 Å². The van der Waals surface area contributed by atoms with Gasteiger partial charge in [-0.1, -0.05) is 18.2 Å². The first kappa shape index (κ1) is 24.7. The normalized spacial score (nSPS) is 11.9. The molecule has 33 heavy (non-hydrogen) atoms. The van der Waals surface area contributed by atoms with E-state index in [0.717, 1.165) is 34.2 Å². The van der Waals surface area contributed by atoms with Gasteiger partial charge in [-0.25, -0.2) is 13.2 Å². The van der Waals surface area contributed by atoms with Gasteiger partial charge in [0.05, 0.1) is 16.0 Å². The molecule has 0 aromatic heterocycles. The molecule has 10 heteroatoms. The summed E-state index contributed by atoms with van der Waals surface area (Å²) in [6.07, 6.45) is -4.38. The fourth-order valence-corrected chi connectivity index (χ4v) is 5.08. The Labute approximate surface area is 193 Å². The van der Waals surface area contributed by atoms with Gasteiger partial charge in [-0.05, 0) is 73.0 Å². The van der Waals surface area contributed by atoms with Crippen LogP contribution in [0.15, 0.2) is 70.5 Å². The van der Waals surface area contributed by atoms with Gasteiger partial charge in [0.15, 0.2) is 0 Å². The van der Waals surface area contributed by atoms with Crippen LogP contribution >= 0.6 is 11.8 Å². The highest BCUT2D eigenvalue weighted by atomic mass is 32.2. The number of carboxylic acids is 1. The fourth-order valence-electron chi connectivity index (χ4n) is 3.04. The highest BCUT2D eigenvalue weighted by Gasteiger charge is 2.29. The third-order valence-electron chi connectivity index (χ3n) is 4.85. The average molecular weight is 496 g/mol. The molecule has 0 radical (unpaired) electrons. The summed E-state index contributed by atoms with van der Waals surface area (Å²) in [5.74, 6) is -0.763. The monoisotopic (exact) mass is 495 g/mol. The first-order chi connectivity index (χ1) is 15.4. The minimum absolute atomic E-state index is 0.0935. The van der Waals surface area contributed by atoms with E-state index < -0.39 is 27.7 Å². The van der Waals surface area contributed by atoms with E-state index in [1.807, 2.05) is 0 Å². The van der Waals surface area contributed by atoms with E-state index in [0.29, 0.717) is 17.0 Å². The predicted octanol–water partition coefficient (Wildman–Crippen LogP) is 6.11. The average Bonchev–Trinajstić information content (AvgIpc) is 2.72. The maximum atomic E-state index is 12.7. The van der Waals surface area contributed by atoms with E-state index in [4.69, 9.17) is 0 Å². The molecule has 0 amide bonds. The summed E-state index contributed by atoms with van der Waals surface area (Å²) >= 11 is 1.42. The van der Waals surface area contributed by atoms with Crippen LogP contribution in [0, 0.1) is 13.8 Å². The molecule has 0 atom stereocenters. The number of hydrogen-bond donors (Lipinski definition) is 2. The number of carboxylic acid groups (broad SMARTS) is 1. The summed E-state index contributed by atoms with van der Waals surface area (Å²) in [4.78, 5) is 12.0. The smallest absolute Gasteiger partial charge is 0.416 e. The number of nitrogens with one attached hydrogen (secondary N) is 1. The van der Waals surface area contributed by atoms with Gasteiger partial charge in [-0.15, -0.1) is 11.8 Å². The number of carbonyl (C=O) groups is 1. The summed E-state index contributed by atoms with van der Waals surface area (Å²) < 4.78 is 65.9. The van der Waals surface area contributed by atoms with Gasteiger partial charge in [-0.2, -0.15) is 13.2 Å². The Bertz CT molecular complexity index is 1290. The van der Waals surface area contributed by atoms with Crippen molar-refractivity contribution < 1.29 is 31.5 Å². The zero-order valence-electron chi connectivity index (χ0n) is 17.6. The van der Waals surface area contributed by atoms with Crippen molar-refractivity contribution in [1.29, 1.82) is 0 Å². The van der Waals surface area contributed by atoms with Crippen LogP contribution in [-0.2, 0) is 22.0 Å². The van der Waals surface area contributed by atoms with Gasteiger partial charge in [0.1, 0.15) is 0 Å². The second-order valence-electron chi connectivity index (χ2n) is 7.35. The van der Waals surface area contributed by atoms with Gasteiger partial charge in [-0.3, -0.25) is 4.72 Å². The van der Waals surface area contributed by atoms with Crippen molar-refractivity contribution in [2.45, 2.75) is 35.6 Å². The van der Waals surface area contributed by atoms with Crippen LogP contribution in [0.1, 0.15) is 32.6 Å². The molecule has 5 nitrogen and oxygen atoms in total. The first-order valence-electron chi connectivity index (χ1n) is 9.63. The number of sulfonamides is 1. The van der Waals surface area contributed by atoms with Crippen LogP contribution in [0.2, 0.25) is 0 Å². The molecule has 0 heterocycles. The number of anilines is 1. The minimum Gasteiger partial charge on any atom is -0.478 e. The largest absolute Gasteiger partial charge is 0.478 e. The number of thioether (sulfide) groups is 1. The standard InChI is InChI=1S/C23H20F3NO4S2/c1-14-3-9-19(12-20(14)22(28)29)33(30,31)27-18-8-10-21(15(2)11-18)32-13-16-4-6-17(7-5-16)23(24,25)26/h3-12,27H,13H2,1-2H3,(H,28,29). The molecule has 2 N–H and O–H groups in total. The molecular formula is C23H20F3NO4S2. The topological polar surface area (TPSA) is 83.5 Å². The van der Waals surface area contributed by atoms with E-state index in [-0.39, 0.29) is 10.5 Å². The molecule has 0 saturated carbocycles. The van der Waals surface area contributed by atoms with Crippen LogP contribution in [0.4, 0.5) is 18.9 Å². The highest BCUT2D eigenvalue weighted by molar-refractivity contribution is 7.98. The Kier molecular flexibility index (Phi) is 7.08. The van der Waals surface area contributed by atoms with E-state index in [2.05, 4.69) is 4.72 Å². The zero-order chi connectivity index (χ0) is 24.4. The first-order valence-corrected chi connectivity index (χ1v) is 12.1. The zero-order valence-corrected chi connectivity index (χ0v) is 19.2. The third-order valence-corrected chi connectivity index (χ3v) is 7.48. The maximum Gasteiger partial charge on any atom is 0.416 e. The Balaban J connectivity index is 1.71. The number of hydrogen-bond acceptors (Lipinski definition) is 4. The molecule has 0 bridgehead atoms. The van der Waals surface area contributed by atoms with Gasteiger partial charge >= 0.3 is 12.1 Å². The Morgan fingerprint density at radius 2 is 1.64 bits per heavy atom. The Hall–Kier alpha value is -2.98. The lowest BCUT2D eigenvalue weighted by Gasteiger charge is -2.12. The van der Waals surface area contributed by atoms with Crippen molar-refractivity contribution in [3.8, 4) is 0 Å². The number of alkyl halides is 3. The maximum absolute atomic E-state index is 12.7. The van der Waals surface area contributed by atoms with Crippen molar-refractivity contribution in [2.24, 2.45) is 0 Å². The number of benzene rings is 3. The Morgan fingerprint density at radius 3 is 2.21 bits per heavy atom. The molecular weight excluding hydrogens is 475 g/mol. The van der Waals surface area contributed by atoms with Gasteiger partial charge in [0.25, 0.3) is 10.0 Å². The number of halogens is 3. The molecule has 3 aromatic rings. The number of aromatic carboxylic acids is 1. The van der Waals surface area contributed by atoms with Crippen molar-refractivity contribution in [3.63, 3.8) is 0 Å². The minimum atomic E-state index is -4.38. The molecule has 3 rings (SSSR count). The van der Waals surface area contributed by atoms with E-state index in [1.54, 1.807) is 32.0 Å². The second kappa shape index (κ2) is 9.48. The molecule has 3 aromatic carbocycles. The lowest BCUT2D eigenvalue weighted by atomic mass is 10.1. The number of rotatable bonds is 7. The molecule has 0 aliphatic heterocycles. The van der Waals surface area contributed by atoms with Crippen LogP contribution in [0.25, 0.3) is 0 Å². The lowest BCUT2D eigenvalue weighted by molar-refractivity contribution is -0.137. The molecule has 0 aliphatic carbocycles. The molecule has 0 aliphatic rings. The van der Waals surface area contributed by atoms with E-state index in [1.165, 1.54) is 36.0 Å². The predicted molar refractivity (Wildman–Crippen MR) is 121 cm³/mol. The summed E-state index contributed by atoms with van der Waals surface area (Å²) in [5.41, 5.74) is 1.47. The van der Waals surface area contributed by atoms with E-state index >= 15 is 0 Å². The van der Waals surface area contributed by atoms with Crippen molar-refractivity contribution in [2.75, 3.05) is 4.72 Å². The van der Waals surface area contributed by atoms with Gasteiger partial charge in [0, 0.05) is 16.3 Å². The quantitative estimate of drug-likeness (QED) is 0.386. The molecule has 0 unspecified atom stereocenters. The van der Waals surface area contributed by atoms with Crippen molar-refractivity contribution in [3.05, 3.63) is 88.5 Å². The summed E-state index contributed by atoms with van der Waals surface area (Å²) in [6.45, 7) is 3.37. The SMILES string of the molecule is Cc1cc(NS(=O)(=O)c2ccc(C)c(C(=O)O)c2)ccc1SCc1ccc(C(F)(F)F)cc1. The van der Waals surface area contributed by atoms with Gasteiger partial charge in [0.2, 0.25) is 0 Å². The van der Waals surface area contributed by atoms with Crippen molar-refractivity contribution >= 4 is 33.4 Å². The number of aryl methyl sites for hydroxylation is 2. The molecule has 0 fully saturated rings. The second-order valence-corrected chi connectivity index (χ2v) is 10.1. The lowest BCUT2D eigenvalue weighted by Crippen LogP contribution is -2.14. The summed E-state index contributed by atoms with van der Waals surface area (Å²) in [7, 11) is -4.00. The fraction of sp³-hybridized carbons (Fsp3) is 0.174. The summed E-state index contributed by atoms with van der Waals surface area (Å²) in [6, 6.07) is 13.8. The summed E-state index contributed by atoms with van der Waals surface area (Å²) in [5, 5.41) is 9.23. The molecule has 0 spiro atoms. The van der Waals surface area contributed by atoms with Crippen LogP contribution in [0.5, 0.6) is 0 Å². The van der Waals surface area contributed by atoms with E-state index in [9.17, 15) is 31.5 Å². The molecule has 174 valence electrons. The van der Waals surface area contributed by atoms with Crippen LogP contribution in [-0.4, -0.2) is 19.5 Å². The van der Waals surface area contributed by atoms with Gasteiger partial charge < -0.3 is 5.11 Å². The third kappa shape index (κ3) is 6.08. The Morgan fingerprint density at radius 1 is 0.970 bits per heavy atom. The van der Waals surface area contributed by atoms with Crippen molar-refractivity contribution in [1.82, 2.24) is 0 Å². The molecule has 0 saturated heterocycles.